The number of aliphatic imine (C=N–C) groups is 2. The van der Waals surface area contributed by atoms with Gasteiger partial charge in [-0.1, -0.05) is 54.2 Å². The van der Waals surface area contributed by atoms with Gasteiger partial charge in [-0.05, 0) is 45.8 Å². The zero-order chi connectivity index (χ0) is 23.2. The summed E-state index contributed by atoms with van der Waals surface area (Å²) in [6.45, 7) is 0. The van der Waals surface area contributed by atoms with Crippen LogP contribution < -0.4 is 5.56 Å². The lowest BCUT2D eigenvalue weighted by atomic mass is 10.1. The number of nitrogens with zero attached hydrogens (tertiary/aromatic N) is 5. The number of amides is 1. The summed E-state index contributed by atoms with van der Waals surface area (Å²) >= 11 is 4.74. The highest BCUT2D eigenvalue weighted by Crippen LogP contribution is 2.38. The molecule has 2 aliphatic heterocycles. The molecule has 0 saturated carbocycles. The molecule has 1 unspecified atom stereocenters. The third-order valence-electron chi connectivity index (χ3n) is 5.61. The summed E-state index contributed by atoms with van der Waals surface area (Å²) in [5.74, 6) is 0.845. The Balaban J connectivity index is 1.36. The van der Waals surface area contributed by atoms with Gasteiger partial charge < -0.3 is 0 Å². The first-order chi connectivity index (χ1) is 16.6. The van der Waals surface area contributed by atoms with E-state index in [1.807, 2.05) is 60.7 Å². The number of amidine groups is 2. The fourth-order valence-electron chi connectivity index (χ4n) is 4.04. The van der Waals surface area contributed by atoms with Crippen molar-refractivity contribution in [2.75, 3.05) is 0 Å². The molecule has 34 heavy (non-hydrogen) atoms. The Bertz CT molecular complexity index is 1580. The lowest BCUT2D eigenvalue weighted by Crippen LogP contribution is -2.39. The van der Waals surface area contributed by atoms with E-state index >= 15 is 0 Å². The Labute approximate surface area is 207 Å². The summed E-state index contributed by atoms with van der Waals surface area (Å²) in [5.41, 5.74) is 3.44. The van der Waals surface area contributed by atoms with Crippen LogP contribution in [-0.4, -0.2) is 31.2 Å². The predicted molar refractivity (Wildman–Crippen MR) is 137 cm³/mol. The monoisotopic (exact) mass is 529 g/mol. The molecule has 4 heterocycles. The van der Waals surface area contributed by atoms with Gasteiger partial charge in [-0.2, -0.15) is 0 Å². The van der Waals surface area contributed by atoms with Crippen molar-refractivity contribution in [3.05, 3.63) is 111 Å². The number of fused-ring (bicyclic) bond motifs is 4. The molecule has 0 aliphatic carbocycles. The van der Waals surface area contributed by atoms with Gasteiger partial charge in [0.1, 0.15) is 11.5 Å². The molecule has 2 aromatic carbocycles. The molecule has 7 nitrogen and oxygen atoms in total. The van der Waals surface area contributed by atoms with Gasteiger partial charge in [0.15, 0.2) is 11.2 Å². The van der Waals surface area contributed by atoms with Crippen LogP contribution in [-0.2, 0) is 10.5 Å². The fourth-order valence-corrected chi connectivity index (χ4v) is 5.27. The molecule has 1 amide bonds. The van der Waals surface area contributed by atoms with E-state index in [1.165, 1.54) is 22.2 Å². The Morgan fingerprint density at radius 3 is 2.62 bits per heavy atom. The van der Waals surface area contributed by atoms with Crippen LogP contribution in [0.15, 0.2) is 98.2 Å². The fraction of sp³-hybridized carbons (Fsp3) is 0.0800. The smallest absolute Gasteiger partial charge is 0.263 e. The van der Waals surface area contributed by atoms with Crippen LogP contribution in [0, 0.1) is 0 Å². The molecule has 1 atom stereocenters. The van der Waals surface area contributed by atoms with Gasteiger partial charge in [0.05, 0.1) is 11.4 Å². The molecule has 166 valence electrons. The van der Waals surface area contributed by atoms with E-state index in [-0.39, 0.29) is 11.5 Å². The van der Waals surface area contributed by atoms with E-state index in [4.69, 9.17) is 9.98 Å². The number of carbonyl (C=O) groups excluding carboxylic acids is 1. The second kappa shape index (κ2) is 8.34. The first-order valence-corrected chi connectivity index (χ1v) is 12.3. The highest BCUT2D eigenvalue weighted by Gasteiger charge is 2.41. The van der Waals surface area contributed by atoms with Crippen LogP contribution in [0.4, 0.5) is 5.69 Å². The van der Waals surface area contributed by atoms with E-state index < -0.39 is 6.04 Å². The maximum absolute atomic E-state index is 13.5. The minimum absolute atomic E-state index is 0.140. The van der Waals surface area contributed by atoms with Gasteiger partial charge in [0, 0.05) is 28.1 Å². The number of pyridine rings is 1. The summed E-state index contributed by atoms with van der Waals surface area (Å²) in [7, 11) is 0. The molecular weight excluding hydrogens is 514 g/mol. The molecule has 0 N–H and O–H groups in total. The number of benzene rings is 2. The minimum atomic E-state index is -0.616. The largest absolute Gasteiger partial charge is 0.271 e. The summed E-state index contributed by atoms with van der Waals surface area (Å²) in [6.07, 6.45) is 1.69. The Kier molecular flexibility index (Phi) is 5.15. The van der Waals surface area contributed by atoms with Crippen molar-refractivity contribution in [1.29, 1.82) is 0 Å². The summed E-state index contributed by atoms with van der Waals surface area (Å²) in [4.78, 5) is 41.8. The number of rotatable bonds is 3. The maximum atomic E-state index is 13.5. The molecule has 0 bridgehead atoms. The maximum Gasteiger partial charge on any atom is 0.263 e. The number of thioether (sulfide) groups is 1. The molecule has 6 rings (SSSR count). The van der Waals surface area contributed by atoms with Gasteiger partial charge in [-0.3, -0.25) is 14.0 Å². The number of halogens is 1. The summed E-state index contributed by atoms with van der Waals surface area (Å²) in [6, 6.07) is 21.7. The van der Waals surface area contributed by atoms with Gasteiger partial charge in [-0.25, -0.2) is 19.9 Å². The van der Waals surface area contributed by atoms with E-state index in [2.05, 4.69) is 20.9 Å². The molecule has 9 heteroatoms. The quantitative estimate of drug-likeness (QED) is 0.384. The first-order valence-electron chi connectivity index (χ1n) is 10.5. The molecule has 2 aromatic heterocycles. The Hall–Kier alpha value is -3.56. The van der Waals surface area contributed by atoms with Crippen molar-refractivity contribution in [3.63, 3.8) is 0 Å². The molecule has 0 saturated heterocycles. The molecule has 4 aromatic rings. The Morgan fingerprint density at radius 2 is 1.76 bits per heavy atom. The second-order valence-electron chi connectivity index (χ2n) is 7.80. The van der Waals surface area contributed by atoms with Gasteiger partial charge in [-0.15, -0.1) is 0 Å². The normalized spacial score (nSPS) is 16.8. The third kappa shape index (κ3) is 3.57. The standard InChI is InChI=1S/C25H16BrN5O2S/c26-16-10-11-20-27-17(12-21(32)30(20)13-16)14-34-25-28-19-9-5-4-8-18(19)23-29-22(24(33)31(23)25)15-6-2-1-3-7-15/h1-13,22H,14H2. The van der Waals surface area contributed by atoms with Crippen LogP contribution in [0.2, 0.25) is 0 Å². The van der Waals surface area contributed by atoms with Crippen molar-refractivity contribution in [1.82, 2.24) is 14.3 Å². The molecule has 0 radical (unpaired) electrons. The van der Waals surface area contributed by atoms with Crippen LogP contribution >= 0.6 is 27.7 Å². The van der Waals surface area contributed by atoms with Crippen LogP contribution in [0.5, 0.6) is 0 Å². The van der Waals surface area contributed by atoms with E-state index in [0.717, 1.165) is 21.3 Å². The highest BCUT2D eigenvalue weighted by molar-refractivity contribution is 9.10. The van der Waals surface area contributed by atoms with Crippen molar-refractivity contribution in [3.8, 4) is 0 Å². The molecular formula is C25H16BrN5O2S. The van der Waals surface area contributed by atoms with Crippen LogP contribution in [0.25, 0.3) is 5.65 Å². The van der Waals surface area contributed by atoms with Gasteiger partial charge >= 0.3 is 0 Å². The average molecular weight is 530 g/mol. The number of aromatic nitrogens is 2. The number of hydrogen-bond donors (Lipinski definition) is 0. The third-order valence-corrected chi connectivity index (χ3v) is 7.05. The zero-order valence-electron chi connectivity index (χ0n) is 17.6. The lowest BCUT2D eigenvalue weighted by Gasteiger charge is -2.25. The van der Waals surface area contributed by atoms with Crippen molar-refractivity contribution in [2.45, 2.75) is 11.8 Å². The number of hydrogen-bond acceptors (Lipinski definition) is 6. The molecule has 2 aliphatic rings. The van der Waals surface area contributed by atoms with E-state index in [1.54, 1.807) is 17.2 Å². The first kappa shape index (κ1) is 21.0. The predicted octanol–water partition coefficient (Wildman–Crippen LogP) is 4.72. The molecule has 0 spiro atoms. The summed E-state index contributed by atoms with van der Waals surface area (Å²) < 4.78 is 2.29. The SMILES string of the molecule is O=C1C(c2ccccc2)N=C2c3ccccc3N=C(SCc3cc(=O)n4cc(Br)ccc4n3)N12. The van der Waals surface area contributed by atoms with E-state index in [0.29, 0.717) is 28.1 Å². The summed E-state index contributed by atoms with van der Waals surface area (Å²) in [5, 5.41) is 0.527. The minimum Gasteiger partial charge on any atom is -0.271 e. The van der Waals surface area contributed by atoms with Gasteiger partial charge in [0.2, 0.25) is 0 Å². The number of para-hydroxylation sites is 1. The lowest BCUT2D eigenvalue weighted by molar-refractivity contribution is -0.124. The Morgan fingerprint density at radius 1 is 0.971 bits per heavy atom. The molecule has 0 fully saturated rings. The topological polar surface area (TPSA) is 79.4 Å². The zero-order valence-corrected chi connectivity index (χ0v) is 20.0. The average Bonchev–Trinajstić information content (AvgIpc) is 3.21. The van der Waals surface area contributed by atoms with Gasteiger partial charge in [0.25, 0.3) is 11.5 Å². The van der Waals surface area contributed by atoms with Crippen molar-refractivity contribution in [2.24, 2.45) is 9.98 Å². The van der Waals surface area contributed by atoms with Crippen LogP contribution in [0.3, 0.4) is 0 Å². The van der Waals surface area contributed by atoms with E-state index in [9.17, 15) is 9.59 Å². The highest BCUT2D eigenvalue weighted by atomic mass is 79.9. The van der Waals surface area contributed by atoms with Crippen molar-refractivity contribution >= 4 is 55.9 Å². The second-order valence-corrected chi connectivity index (χ2v) is 9.66. The van der Waals surface area contributed by atoms with Crippen LogP contribution in [0.1, 0.15) is 22.9 Å². The van der Waals surface area contributed by atoms with Crippen molar-refractivity contribution < 1.29 is 4.79 Å². The number of carbonyl (C=O) groups is 1.